The average molecular weight is 282 g/mol. The number of hydrazine groups is 1. The number of morpholine rings is 1. The molecule has 0 atom stereocenters. The molecular formula is C13H18N2O3S. The molecule has 0 spiro atoms. The van der Waals surface area contributed by atoms with E-state index in [0.29, 0.717) is 31.9 Å². The molecule has 6 heteroatoms. The minimum atomic E-state index is -3.47. The standard InChI is InChI=1S/C13H18N2O3S/c1-12(13-5-3-2-4-6-13)11-19(16,17)14-15-7-9-18-10-8-15/h2-6,11,14H,7-10H2,1H3/b12-11+. The number of rotatable bonds is 4. The summed E-state index contributed by atoms with van der Waals surface area (Å²) in [5, 5.41) is 2.92. The van der Waals surface area contributed by atoms with E-state index in [2.05, 4.69) is 4.83 Å². The van der Waals surface area contributed by atoms with Crippen molar-refractivity contribution in [3.05, 3.63) is 41.3 Å². The smallest absolute Gasteiger partial charge is 0.246 e. The van der Waals surface area contributed by atoms with E-state index in [0.717, 1.165) is 5.56 Å². The summed E-state index contributed by atoms with van der Waals surface area (Å²) < 4.78 is 29.2. The van der Waals surface area contributed by atoms with E-state index in [-0.39, 0.29) is 0 Å². The zero-order valence-corrected chi connectivity index (χ0v) is 11.7. The van der Waals surface area contributed by atoms with E-state index in [4.69, 9.17) is 4.74 Å². The van der Waals surface area contributed by atoms with Crippen LogP contribution >= 0.6 is 0 Å². The molecule has 1 aliphatic rings. The SMILES string of the molecule is C/C(=C\S(=O)(=O)NN1CCOCC1)c1ccccc1. The summed E-state index contributed by atoms with van der Waals surface area (Å²) in [5.74, 6) is 0. The van der Waals surface area contributed by atoms with Crippen molar-refractivity contribution in [3.63, 3.8) is 0 Å². The number of nitrogens with zero attached hydrogens (tertiary/aromatic N) is 1. The Morgan fingerprint density at radius 3 is 2.53 bits per heavy atom. The van der Waals surface area contributed by atoms with E-state index < -0.39 is 10.0 Å². The molecule has 0 radical (unpaired) electrons. The summed E-state index contributed by atoms with van der Waals surface area (Å²) in [5.41, 5.74) is 1.61. The van der Waals surface area contributed by atoms with Crippen LogP contribution in [0.3, 0.4) is 0 Å². The molecule has 1 fully saturated rings. The lowest BCUT2D eigenvalue weighted by atomic mass is 10.1. The van der Waals surface area contributed by atoms with E-state index >= 15 is 0 Å². The highest BCUT2D eigenvalue weighted by atomic mass is 32.2. The maximum atomic E-state index is 12.0. The highest BCUT2D eigenvalue weighted by molar-refractivity contribution is 7.92. The second kappa shape index (κ2) is 6.29. The Bertz CT molecular complexity index is 534. The van der Waals surface area contributed by atoms with Crippen LogP contribution in [0.5, 0.6) is 0 Å². The van der Waals surface area contributed by atoms with Crippen LogP contribution in [-0.4, -0.2) is 39.7 Å². The fourth-order valence-electron chi connectivity index (χ4n) is 1.86. The number of hydrogen-bond acceptors (Lipinski definition) is 4. The molecule has 0 unspecified atom stereocenters. The van der Waals surface area contributed by atoms with E-state index in [9.17, 15) is 8.42 Å². The normalized spacial score (nSPS) is 18.5. The van der Waals surface area contributed by atoms with Crippen molar-refractivity contribution in [1.29, 1.82) is 0 Å². The summed E-state index contributed by atoms with van der Waals surface area (Å²) >= 11 is 0. The zero-order valence-electron chi connectivity index (χ0n) is 10.9. The van der Waals surface area contributed by atoms with E-state index in [1.165, 1.54) is 5.41 Å². The molecule has 1 aromatic rings. The van der Waals surface area contributed by atoms with Crippen molar-refractivity contribution in [2.45, 2.75) is 6.92 Å². The van der Waals surface area contributed by atoms with Gasteiger partial charge in [0.2, 0.25) is 10.0 Å². The summed E-state index contributed by atoms with van der Waals surface area (Å²) in [6, 6.07) is 9.44. The Morgan fingerprint density at radius 1 is 1.26 bits per heavy atom. The number of benzene rings is 1. The first-order valence-corrected chi connectivity index (χ1v) is 7.70. The Balaban J connectivity index is 2.07. The third-order valence-corrected chi connectivity index (χ3v) is 4.01. The van der Waals surface area contributed by atoms with Crippen LogP contribution in [0, 0.1) is 0 Å². The molecule has 1 aliphatic heterocycles. The molecule has 5 nitrogen and oxygen atoms in total. The highest BCUT2D eigenvalue weighted by Crippen LogP contribution is 2.14. The van der Waals surface area contributed by atoms with Crippen LogP contribution < -0.4 is 4.83 Å². The molecule has 1 heterocycles. The maximum Gasteiger partial charge on any atom is 0.246 e. The van der Waals surface area contributed by atoms with Gasteiger partial charge in [0.1, 0.15) is 0 Å². The van der Waals surface area contributed by atoms with Gasteiger partial charge in [-0.3, -0.25) is 0 Å². The molecular weight excluding hydrogens is 264 g/mol. The van der Waals surface area contributed by atoms with Gasteiger partial charge < -0.3 is 4.74 Å². The predicted molar refractivity (Wildman–Crippen MR) is 74.5 cm³/mol. The average Bonchev–Trinajstić information content (AvgIpc) is 2.39. The maximum absolute atomic E-state index is 12.0. The molecule has 0 aromatic heterocycles. The lowest BCUT2D eigenvalue weighted by Gasteiger charge is -2.26. The first kappa shape index (κ1) is 14.2. The van der Waals surface area contributed by atoms with Crippen molar-refractivity contribution in [2.24, 2.45) is 0 Å². The van der Waals surface area contributed by atoms with Crippen LogP contribution in [0.1, 0.15) is 12.5 Å². The Morgan fingerprint density at radius 2 is 1.89 bits per heavy atom. The molecule has 2 rings (SSSR count). The van der Waals surface area contributed by atoms with Crippen LogP contribution in [0.4, 0.5) is 0 Å². The van der Waals surface area contributed by atoms with Crippen molar-refractivity contribution in [3.8, 4) is 0 Å². The third kappa shape index (κ3) is 4.43. The summed E-state index contributed by atoms with van der Waals surface area (Å²) in [6.45, 7) is 4.01. The minimum Gasteiger partial charge on any atom is -0.379 e. The van der Waals surface area contributed by atoms with Crippen LogP contribution in [0.25, 0.3) is 5.57 Å². The van der Waals surface area contributed by atoms with Crippen LogP contribution in [0.2, 0.25) is 0 Å². The van der Waals surface area contributed by atoms with Gasteiger partial charge in [0.15, 0.2) is 0 Å². The lowest BCUT2D eigenvalue weighted by Crippen LogP contribution is -2.47. The monoisotopic (exact) mass is 282 g/mol. The van der Waals surface area contributed by atoms with Gasteiger partial charge in [0, 0.05) is 13.1 Å². The summed E-state index contributed by atoms with van der Waals surface area (Å²) in [4.78, 5) is 2.55. The molecule has 104 valence electrons. The number of nitrogens with one attached hydrogen (secondary N) is 1. The number of allylic oxidation sites excluding steroid dienone is 1. The van der Waals surface area contributed by atoms with Gasteiger partial charge in [0.05, 0.1) is 18.6 Å². The second-order valence-electron chi connectivity index (χ2n) is 4.40. The lowest BCUT2D eigenvalue weighted by molar-refractivity contribution is 0.0274. The molecule has 0 bridgehead atoms. The van der Waals surface area contributed by atoms with Gasteiger partial charge in [0.25, 0.3) is 0 Å². The van der Waals surface area contributed by atoms with Gasteiger partial charge in [-0.15, -0.1) is 4.83 Å². The van der Waals surface area contributed by atoms with Crippen LogP contribution in [-0.2, 0) is 14.8 Å². The largest absolute Gasteiger partial charge is 0.379 e. The first-order valence-electron chi connectivity index (χ1n) is 6.16. The molecule has 19 heavy (non-hydrogen) atoms. The highest BCUT2D eigenvalue weighted by Gasteiger charge is 2.16. The first-order chi connectivity index (χ1) is 9.07. The fraction of sp³-hybridized carbons (Fsp3) is 0.385. The Labute approximate surface area is 113 Å². The zero-order chi connectivity index (χ0) is 13.7. The Kier molecular flexibility index (Phi) is 4.71. The van der Waals surface area contributed by atoms with E-state index in [1.54, 1.807) is 11.9 Å². The van der Waals surface area contributed by atoms with Crippen molar-refractivity contribution in [1.82, 2.24) is 9.84 Å². The number of sulfonamides is 1. The molecule has 1 saturated heterocycles. The minimum absolute atomic E-state index is 0.546. The fourth-order valence-corrected chi connectivity index (χ4v) is 3.06. The third-order valence-electron chi connectivity index (χ3n) is 2.83. The number of ether oxygens (including phenoxy) is 1. The number of hydrogen-bond donors (Lipinski definition) is 1. The molecule has 0 saturated carbocycles. The second-order valence-corrected chi connectivity index (χ2v) is 5.91. The van der Waals surface area contributed by atoms with Crippen molar-refractivity contribution >= 4 is 15.6 Å². The van der Waals surface area contributed by atoms with Crippen molar-refractivity contribution < 1.29 is 13.2 Å². The molecule has 0 amide bonds. The Hall–Kier alpha value is -1.21. The van der Waals surface area contributed by atoms with Gasteiger partial charge in [-0.2, -0.15) is 0 Å². The quantitative estimate of drug-likeness (QED) is 0.902. The predicted octanol–water partition coefficient (Wildman–Crippen LogP) is 1.21. The van der Waals surface area contributed by atoms with Gasteiger partial charge in [-0.25, -0.2) is 13.4 Å². The van der Waals surface area contributed by atoms with E-state index in [1.807, 2.05) is 30.3 Å². The van der Waals surface area contributed by atoms with Crippen LogP contribution in [0.15, 0.2) is 35.7 Å². The summed E-state index contributed by atoms with van der Waals surface area (Å²) in [7, 11) is -3.47. The molecule has 1 aromatic carbocycles. The molecule has 0 aliphatic carbocycles. The molecule has 1 N–H and O–H groups in total. The van der Waals surface area contributed by atoms with Gasteiger partial charge in [-0.1, -0.05) is 30.3 Å². The van der Waals surface area contributed by atoms with Gasteiger partial charge >= 0.3 is 0 Å². The van der Waals surface area contributed by atoms with Gasteiger partial charge in [-0.05, 0) is 18.1 Å². The topological polar surface area (TPSA) is 58.6 Å². The summed E-state index contributed by atoms with van der Waals surface area (Å²) in [6.07, 6.45) is 0. The van der Waals surface area contributed by atoms with Crippen molar-refractivity contribution in [2.75, 3.05) is 26.3 Å².